The number of carbonyl (C=O) groups excluding carboxylic acids is 1. The quantitative estimate of drug-likeness (QED) is 0.592. The van der Waals surface area contributed by atoms with Crippen LogP contribution in [-0.4, -0.2) is 24.0 Å². The minimum atomic E-state index is -3.13. The van der Waals surface area contributed by atoms with Crippen LogP contribution < -0.4 is 15.8 Å². The van der Waals surface area contributed by atoms with Crippen LogP contribution >= 0.6 is 0 Å². The minimum Gasteiger partial charge on any atom is -0.432 e. The Morgan fingerprint density at radius 2 is 2.14 bits per heavy atom. The minimum absolute atomic E-state index is 0.0553. The maximum absolute atomic E-state index is 12.3. The topological polar surface area (TPSA) is 107 Å². The van der Waals surface area contributed by atoms with Gasteiger partial charge in [-0.3, -0.25) is 14.9 Å². The summed E-state index contributed by atoms with van der Waals surface area (Å²) in [6.07, 6.45) is 0. The number of ether oxygens (including phenoxy) is 1. The van der Waals surface area contributed by atoms with E-state index in [1.54, 1.807) is 13.8 Å². The van der Waals surface area contributed by atoms with Crippen molar-refractivity contribution in [3.8, 4) is 5.75 Å². The highest BCUT2D eigenvalue weighted by Crippen LogP contribution is 2.31. The van der Waals surface area contributed by atoms with Gasteiger partial charge in [-0.1, -0.05) is 0 Å². The van der Waals surface area contributed by atoms with Crippen LogP contribution in [0.5, 0.6) is 5.75 Å². The van der Waals surface area contributed by atoms with Crippen molar-refractivity contribution in [2.45, 2.75) is 20.5 Å². The van der Waals surface area contributed by atoms with Gasteiger partial charge in [-0.05, 0) is 19.9 Å². The number of nitro groups is 1. The number of alkyl halides is 2. The first-order valence-corrected chi connectivity index (χ1v) is 5.90. The molecule has 0 saturated carbocycles. The highest BCUT2D eigenvalue weighted by atomic mass is 19.3. The molecule has 0 radical (unpaired) electrons. The molecule has 0 unspecified atom stereocenters. The predicted octanol–water partition coefficient (Wildman–Crippen LogP) is 2.12. The molecule has 21 heavy (non-hydrogen) atoms. The zero-order valence-corrected chi connectivity index (χ0v) is 11.4. The van der Waals surface area contributed by atoms with E-state index in [0.29, 0.717) is 0 Å². The number of hydrogen-bond acceptors (Lipinski definition) is 5. The maximum Gasteiger partial charge on any atom is 0.387 e. The van der Waals surface area contributed by atoms with Gasteiger partial charge in [0.05, 0.1) is 22.1 Å². The van der Waals surface area contributed by atoms with Crippen molar-refractivity contribution in [2.75, 3.05) is 11.9 Å². The van der Waals surface area contributed by atoms with Gasteiger partial charge in [-0.2, -0.15) is 8.78 Å². The monoisotopic (exact) mass is 303 g/mol. The Labute approximate surface area is 119 Å². The average molecular weight is 303 g/mol. The van der Waals surface area contributed by atoms with Crippen molar-refractivity contribution in [2.24, 2.45) is 11.1 Å². The Balaban J connectivity index is 3.00. The molecule has 116 valence electrons. The van der Waals surface area contributed by atoms with E-state index in [1.165, 1.54) is 6.07 Å². The summed E-state index contributed by atoms with van der Waals surface area (Å²) in [5.41, 5.74) is 3.99. The van der Waals surface area contributed by atoms with E-state index in [4.69, 9.17) is 5.73 Å². The van der Waals surface area contributed by atoms with E-state index in [1.807, 2.05) is 0 Å². The number of nitro benzene ring substituents is 1. The molecule has 0 aliphatic heterocycles. The Morgan fingerprint density at radius 1 is 1.52 bits per heavy atom. The molecule has 0 saturated heterocycles. The third-order valence-corrected chi connectivity index (χ3v) is 2.78. The van der Waals surface area contributed by atoms with Gasteiger partial charge in [0.1, 0.15) is 0 Å². The Bertz CT molecular complexity index is 549. The molecule has 1 aromatic carbocycles. The first kappa shape index (κ1) is 16.6. The van der Waals surface area contributed by atoms with E-state index in [2.05, 4.69) is 10.1 Å². The summed E-state index contributed by atoms with van der Waals surface area (Å²) in [6, 6.07) is 3.25. The van der Waals surface area contributed by atoms with Crippen LogP contribution in [0.3, 0.4) is 0 Å². The van der Waals surface area contributed by atoms with Crippen molar-refractivity contribution in [1.29, 1.82) is 0 Å². The number of nitrogens with one attached hydrogen (secondary N) is 1. The molecule has 1 rings (SSSR count). The first-order chi connectivity index (χ1) is 9.63. The Morgan fingerprint density at radius 3 is 2.62 bits per heavy atom. The van der Waals surface area contributed by atoms with Crippen LogP contribution in [-0.2, 0) is 4.79 Å². The van der Waals surface area contributed by atoms with E-state index in [9.17, 15) is 23.7 Å². The number of non-ortho nitro benzene ring substituents is 1. The van der Waals surface area contributed by atoms with Gasteiger partial charge in [0.15, 0.2) is 5.75 Å². The summed E-state index contributed by atoms with van der Waals surface area (Å²) < 4.78 is 28.9. The molecule has 0 heterocycles. The summed E-state index contributed by atoms with van der Waals surface area (Å²) in [5, 5.41) is 13.4. The molecule has 0 fully saturated rings. The van der Waals surface area contributed by atoms with E-state index >= 15 is 0 Å². The van der Waals surface area contributed by atoms with Crippen LogP contribution in [0.15, 0.2) is 18.2 Å². The van der Waals surface area contributed by atoms with Crippen molar-refractivity contribution in [1.82, 2.24) is 0 Å². The first-order valence-electron chi connectivity index (χ1n) is 5.90. The normalized spacial score (nSPS) is 11.3. The number of nitrogens with two attached hydrogens (primary N) is 1. The highest BCUT2D eigenvalue weighted by molar-refractivity contribution is 5.80. The number of halogens is 2. The fraction of sp³-hybridized carbons (Fsp3) is 0.417. The second-order valence-corrected chi connectivity index (χ2v) is 4.92. The van der Waals surface area contributed by atoms with Gasteiger partial charge in [0.2, 0.25) is 5.91 Å². The van der Waals surface area contributed by atoms with Gasteiger partial charge < -0.3 is 15.8 Å². The molecule has 0 spiro atoms. The lowest BCUT2D eigenvalue weighted by atomic mass is 9.92. The van der Waals surface area contributed by atoms with Crippen molar-refractivity contribution in [3.05, 3.63) is 28.3 Å². The number of hydrogen-bond donors (Lipinski definition) is 2. The molecule has 0 aliphatic rings. The molecule has 1 amide bonds. The van der Waals surface area contributed by atoms with Gasteiger partial charge in [0.25, 0.3) is 5.69 Å². The van der Waals surface area contributed by atoms with E-state index in [0.717, 1.165) is 12.1 Å². The zero-order valence-electron chi connectivity index (χ0n) is 11.4. The van der Waals surface area contributed by atoms with Crippen LogP contribution in [0.1, 0.15) is 13.8 Å². The van der Waals surface area contributed by atoms with E-state index < -0.39 is 22.9 Å². The number of amides is 1. The molecule has 3 N–H and O–H groups in total. The Kier molecular flexibility index (Phi) is 5.01. The molecule has 0 bridgehead atoms. The lowest BCUT2D eigenvalue weighted by molar-refractivity contribution is -0.385. The van der Waals surface area contributed by atoms with Gasteiger partial charge in [-0.25, -0.2) is 0 Å². The summed E-state index contributed by atoms with van der Waals surface area (Å²) in [4.78, 5) is 21.1. The lowest BCUT2D eigenvalue weighted by Gasteiger charge is -2.22. The molecule has 1 aromatic rings. The highest BCUT2D eigenvalue weighted by Gasteiger charge is 2.25. The fourth-order valence-electron chi connectivity index (χ4n) is 1.37. The second kappa shape index (κ2) is 6.33. The maximum atomic E-state index is 12.3. The van der Waals surface area contributed by atoms with Gasteiger partial charge in [-0.15, -0.1) is 0 Å². The average Bonchev–Trinajstić information content (AvgIpc) is 2.36. The SMILES string of the molecule is CC(C)(CNc1ccc([N+](=O)[O-])cc1OC(F)F)C(N)=O. The number of primary amides is 1. The second-order valence-electron chi connectivity index (χ2n) is 4.92. The van der Waals surface area contributed by atoms with Crippen LogP contribution in [0, 0.1) is 15.5 Å². The molecule has 0 aromatic heterocycles. The van der Waals surface area contributed by atoms with Crippen molar-refractivity contribution in [3.63, 3.8) is 0 Å². The number of benzene rings is 1. The third kappa shape index (κ3) is 4.55. The van der Waals surface area contributed by atoms with Gasteiger partial charge >= 0.3 is 6.61 Å². The molecular weight excluding hydrogens is 288 g/mol. The van der Waals surface area contributed by atoms with Crippen LogP contribution in [0.4, 0.5) is 20.2 Å². The predicted molar refractivity (Wildman–Crippen MR) is 71.2 cm³/mol. The molecular formula is C12H15F2N3O4. The smallest absolute Gasteiger partial charge is 0.387 e. The summed E-state index contributed by atoms with van der Waals surface area (Å²) in [6.45, 7) is 0.0688. The molecule has 9 heteroatoms. The number of carbonyl (C=O) groups is 1. The summed E-state index contributed by atoms with van der Waals surface area (Å²) in [7, 11) is 0. The summed E-state index contributed by atoms with van der Waals surface area (Å²) in [5.74, 6) is -0.951. The van der Waals surface area contributed by atoms with Crippen LogP contribution in [0.25, 0.3) is 0 Å². The number of anilines is 1. The van der Waals surface area contributed by atoms with Crippen molar-refractivity contribution >= 4 is 17.3 Å². The molecule has 7 nitrogen and oxygen atoms in total. The van der Waals surface area contributed by atoms with Gasteiger partial charge in [0, 0.05) is 12.6 Å². The zero-order chi connectivity index (χ0) is 16.2. The fourth-order valence-corrected chi connectivity index (χ4v) is 1.37. The third-order valence-electron chi connectivity index (χ3n) is 2.78. The van der Waals surface area contributed by atoms with Crippen molar-refractivity contribution < 1.29 is 23.2 Å². The largest absolute Gasteiger partial charge is 0.432 e. The summed E-state index contributed by atoms with van der Waals surface area (Å²) >= 11 is 0. The van der Waals surface area contributed by atoms with Crippen LogP contribution in [0.2, 0.25) is 0 Å². The van der Waals surface area contributed by atoms with E-state index in [-0.39, 0.29) is 23.7 Å². The lowest BCUT2D eigenvalue weighted by Crippen LogP contribution is -2.37. The molecule has 0 atom stereocenters. The number of rotatable bonds is 7. The standard InChI is InChI=1S/C12H15F2N3O4/c1-12(2,10(15)18)6-16-8-4-3-7(17(19)20)5-9(8)21-11(13)14/h3-5,11,16H,6H2,1-2H3,(H2,15,18). The Hall–Kier alpha value is -2.45. The number of nitrogens with zero attached hydrogens (tertiary/aromatic N) is 1. The molecule has 0 aliphatic carbocycles.